The van der Waals surface area contributed by atoms with Gasteiger partial charge in [-0.05, 0) is 28.1 Å². The number of nitrogens with zero attached hydrogens (tertiary/aromatic N) is 2. The van der Waals surface area contributed by atoms with Crippen molar-refractivity contribution in [1.29, 1.82) is 0 Å². The van der Waals surface area contributed by atoms with Crippen molar-refractivity contribution in [2.24, 2.45) is 0 Å². The van der Waals surface area contributed by atoms with Crippen molar-refractivity contribution < 1.29 is 4.74 Å². The predicted molar refractivity (Wildman–Crippen MR) is 76.8 cm³/mol. The molecule has 0 bridgehead atoms. The van der Waals surface area contributed by atoms with Gasteiger partial charge in [0.2, 0.25) is 0 Å². The normalized spacial score (nSPS) is 10.6. The molecule has 0 unspecified atom stereocenters. The second-order valence-corrected chi connectivity index (χ2v) is 4.74. The molecular weight excluding hydrogens is 294 g/mol. The largest absolute Gasteiger partial charge is 0.388 e. The molecule has 0 spiro atoms. The molecule has 0 atom stereocenters. The Kier molecular flexibility index (Phi) is 4.38. The van der Waals surface area contributed by atoms with Crippen molar-refractivity contribution in [3.63, 3.8) is 0 Å². The molecular formula is C13H16BrN3O. The zero-order valence-corrected chi connectivity index (χ0v) is 12.1. The first-order valence-corrected chi connectivity index (χ1v) is 6.54. The third-order valence-corrected chi connectivity index (χ3v) is 3.31. The van der Waals surface area contributed by atoms with E-state index >= 15 is 0 Å². The topological polar surface area (TPSA) is 39.1 Å². The van der Waals surface area contributed by atoms with Gasteiger partial charge in [0.25, 0.3) is 0 Å². The van der Waals surface area contributed by atoms with Crippen molar-refractivity contribution in [3.05, 3.63) is 34.9 Å². The molecule has 0 amide bonds. The highest BCUT2D eigenvalue weighted by Crippen LogP contribution is 2.29. The van der Waals surface area contributed by atoms with E-state index in [-0.39, 0.29) is 0 Å². The van der Waals surface area contributed by atoms with Crippen molar-refractivity contribution in [3.8, 4) is 11.3 Å². The minimum Gasteiger partial charge on any atom is -0.388 e. The molecule has 0 aliphatic carbocycles. The first-order chi connectivity index (χ1) is 8.76. The number of ether oxygens (including phenoxy) is 1. The summed E-state index contributed by atoms with van der Waals surface area (Å²) >= 11 is 3.55. The van der Waals surface area contributed by atoms with Crippen molar-refractivity contribution in [1.82, 2.24) is 9.78 Å². The minimum atomic E-state index is 0.646. The van der Waals surface area contributed by atoms with Gasteiger partial charge in [0.15, 0.2) is 0 Å². The SMILES string of the molecule is CNc1cccc(-c2c(Br)cnn2CCOC)c1. The van der Waals surface area contributed by atoms with Gasteiger partial charge in [-0.3, -0.25) is 4.68 Å². The fourth-order valence-electron chi connectivity index (χ4n) is 1.82. The first kappa shape index (κ1) is 13.1. The van der Waals surface area contributed by atoms with Gasteiger partial charge in [-0.25, -0.2) is 0 Å². The lowest BCUT2D eigenvalue weighted by molar-refractivity contribution is 0.184. The summed E-state index contributed by atoms with van der Waals surface area (Å²) in [6.07, 6.45) is 1.82. The molecule has 0 radical (unpaired) electrons. The number of halogens is 1. The molecule has 0 fully saturated rings. The van der Waals surface area contributed by atoms with Crippen LogP contribution in [0.4, 0.5) is 5.69 Å². The molecule has 1 heterocycles. The molecule has 1 aromatic carbocycles. The molecule has 0 aliphatic heterocycles. The summed E-state index contributed by atoms with van der Waals surface area (Å²) in [5.74, 6) is 0. The summed E-state index contributed by atoms with van der Waals surface area (Å²) in [7, 11) is 3.61. The van der Waals surface area contributed by atoms with Crippen LogP contribution in [0.15, 0.2) is 34.9 Å². The van der Waals surface area contributed by atoms with E-state index in [1.807, 2.05) is 30.1 Å². The smallest absolute Gasteiger partial charge is 0.0826 e. The monoisotopic (exact) mass is 309 g/mol. The number of methoxy groups -OCH3 is 1. The zero-order valence-electron chi connectivity index (χ0n) is 10.5. The van der Waals surface area contributed by atoms with Gasteiger partial charge < -0.3 is 10.1 Å². The van der Waals surface area contributed by atoms with Gasteiger partial charge in [-0.1, -0.05) is 12.1 Å². The molecule has 5 heteroatoms. The van der Waals surface area contributed by atoms with E-state index in [9.17, 15) is 0 Å². The third kappa shape index (κ3) is 2.73. The minimum absolute atomic E-state index is 0.646. The van der Waals surface area contributed by atoms with Crippen LogP contribution >= 0.6 is 15.9 Å². The summed E-state index contributed by atoms with van der Waals surface area (Å²) in [5.41, 5.74) is 3.28. The molecule has 18 heavy (non-hydrogen) atoms. The molecule has 96 valence electrons. The molecule has 0 saturated carbocycles. The summed E-state index contributed by atoms with van der Waals surface area (Å²) in [5, 5.41) is 7.50. The lowest BCUT2D eigenvalue weighted by Gasteiger charge is -2.09. The number of rotatable bonds is 5. The Morgan fingerprint density at radius 2 is 2.28 bits per heavy atom. The second-order valence-electron chi connectivity index (χ2n) is 3.89. The van der Waals surface area contributed by atoms with Gasteiger partial charge in [0.05, 0.1) is 29.5 Å². The Bertz CT molecular complexity index is 525. The fourth-order valence-corrected chi connectivity index (χ4v) is 2.34. The van der Waals surface area contributed by atoms with E-state index in [0.29, 0.717) is 6.61 Å². The number of nitrogens with one attached hydrogen (secondary N) is 1. The lowest BCUT2D eigenvalue weighted by Crippen LogP contribution is -2.07. The highest BCUT2D eigenvalue weighted by Gasteiger charge is 2.11. The first-order valence-electron chi connectivity index (χ1n) is 5.74. The molecule has 2 aromatic rings. The standard InChI is InChI=1S/C13H16BrN3O/c1-15-11-5-3-4-10(8-11)13-12(14)9-16-17(13)6-7-18-2/h3-5,8-9,15H,6-7H2,1-2H3. The van der Waals surface area contributed by atoms with E-state index < -0.39 is 0 Å². The Balaban J connectivity index is 2.38. The van der Waals surface area contributed by atoms with E-state index in [4.69, 9.17) is 4.74 Å². The van der Waals surface area contributed by atoms with E-state index in [1.165, 1.54) is 0 Å². The van der Waals surface area contributed by atoms with Crippen molar-refractivity contribution in [2.75, 3.05) is 26.1 Å². The second kappa shape index (κ2) is 6.02. The van der Waals surface area contributed by atoms with Crippen LogP contribution in [0.3, 0.4) is 0 Å². The third-order valence-electron chi connectivity index (χ3n) is 2.73. The summed E-state index contributed by atoms with van der Waals surface area (Å²) < 4.78 is 8.04. The quantitative estimate of drug-likeness (QED) is 0.923. The molecule has 1 N–H and O–H groups in total. The van der Waals surface area contributed by atoms with Crippen LogP contribution in [0.1, 0.15) is 0 Å². The molecule has 1 aromatic heterocycles. The average Bonchev–Trinajstić information content (AvgIpc) is 2.77. The van der Waals surface area contributed by atoms with Crippen LogP contribution < -0.4 is 5.32 Å². The highest BCUT2D eigenvalue weighted by molar-refractivity contribution is 9.10. The Morgan fingerprint density at radius 3 is 3.00 bits per heavy atom. The molecule has 0 saturated heterocycles. The summed E-state index contributed by atoms with van der Waals surface area (Å²) in [6, 6.07) is 8.24. The van der Waals surface area contributed by atoms with E-state index in [2.05, 4.69) is 38.5 Å². The van der Waals surface area contributed by atoms with Crippen molar-refractivity contribution in [2.45, 2.75) is 6.54 Å². The van der Waals surface area contributed by atoms with E-state index in [0.717, 1.165) is 28.0 Å². The summed E-state index contributed by atoms with van der Waals surface area (Å²) in [6.45, 7) is 1.38. The van der Waals surface area contributed by atoms with Gasteiger partial charge in [0, 0.05) is 25.4 Å². The van der Waals surface area contributed by atoms with Crippen molar-refractivity contribution >= 4 is 21.6 Å². The Hall–Kier alpha value is -1.33. The predicted octanol–water partition coefficient (Wildman–Crippen LogP) is 3.00. The maximum Gasteiger partial charge on any atom is 0.0826 e. The van der Waals surface area contributed by atoms with E-state index in [1.54, 1.807) is 7.11 Å². The van der Waals surface area contributed by atoms with Crippen LogP contribution in [-0.2, 0) is 11.3 Å². The fraction of sp³-hybridized carbons (Fsp3) is 0.308. The maximum atomic E-state index is 5.10. The van der Waals surface area contributed by atoms with Gasteiger partial charge in [0.1, 0.15) is 0 Å². The van der Waals surface area contributed by atoms with Gasteiger partial charge in [-0.15, -0.1) is 0 Å². The Morgan fingerprint density at radius 1 is 1.44 bits per heavy atom. The highest BCUT2D eigenvalue weighted by atomic mass is 79.9. The average molecular weight is 310 g/mol. The number of aromatic nitrogens is 2. The van der Waals surface area contributed by atoms with Crippen LogP contribution in [0.2, 0.25) is 0 Å². The number of anilines is 1. The van der Waals surface area contributed by atoms with Crippen LogP contribution in [0, 0.1) is 0 Å². The number of hydrogen-bond donors (Lipinski definition) is 1. The lowest BCUT2D eigenvalue weighted by atomic mass is 10.1. The number of hydrogen-bond acceptors (Lipinski definition) is 3. The molecule has 2 rings (SSSR count). The van der Waals surface area contributed by atoms with Gasteiger partial charge in [-0.2, -0.15) is 5.10 Å². The van der Waals surface area contributed by atoms with Crippen LogP contribution in [-0.4, -0.2) is 30.5 Å². The zero-order chi connectivity index (χ0) is 13.0. The number of benzene rings is 1. The van der Waals surface area contributed by atoms with Crippen LogP contribution in [0.5, 0.6) is 0 Å². The van der Waals surface area contributed by atoms with Crippen LogP contribution in [0.25, 0.3) is 11.3 Å². The van der Waals surface area contributed by atoms with Gasteiger partial charge >= 0.3 is 0 Å². The molecule has 4 nitrogen and oxygen atoms in total. The maximum absolute atomic E-state index is 5.10. The summed E-state index contributed by atoms with van der Waals surface area (Å²) in [4.78, 5) is 0. The molecule has 0 aliphatic rings. The Labute approximate surface area is 115 Å².